The minimum Gasteiger partial charge on any atom is -0.444 e. The molecule has 0 saturated carbocycles. The Morgan fingerprint density at radius 3 is 2.33 bits per heavy atom. The number of ether oxygens (including phenoxy) is 1. The molecular formula is C28H47N3O4S. The average molecular weight is 522 g/mol. The highest BCUT2D eigenvalue weighted by molar-refractivity contribution is 7.98. The quantitative estimate of drug-likeness (QED) is 0.333. The van der Waals surface area contributed by atoms with Crippen molar-refractivity contribution in [2.75, 3.05) is 18.6 Å². The summed E-state index contributed by atoms with van der Waals surface area (Å²) in [6.07, 6.45) is 4.71. The zero-order valence-electron chi connectivity index (χ0n) is 23.7. The van der Waals surface area contributed by atoms with Gasteiger partial charge in [0.05, 0.1) is 0 Å². The number of aryl methyl sites for hydroxylation is 2. The van der Waals surface area contributed by atoms with E-state index in [0.717, 1.165) is 36.0 Å². The third-order valence-electron chi connectivity index (χ3n) is 5.75. The molecule has 0 fully saturated rings. The molecule has 0 aromatic heterocycles. The van der Waals surface area contributed by atoms with Crippen LogP contribution in [0.5, 0.6) is 0 Å². The Hall–Kier alpha value is -2.22. The Morgan fingerprint density at radius 1 is 1.11 bits per heavy atom. The third-order valence-corrected chi connectivity index (χ3v) is 6.39. The van der Waals surface area contributed by atoms with Gasteiger partial charge in [-0.25, -0.2) is 4.79 Å². The van der Waals surface area contributed by atoms with Crippen LogP contribution in [0.25, 0.3) is 0 Å². The first-order valence-corrected chi connectivity index (χ1v) is 14.4. The summed E-state index contributed by atoms with van der Waals surface area (Å²) in [5, 5.41) is 5.84. The van der Waals surface area contributed by atoms with Crippen molar-refractivity contribution in [3.05, 3.63) is 34.9 Å². The molecular weight excluding hydrogens is 474 g/mol. The van der Waals surface area contributed by atoms with E-state index in [0.29, 0.717) is 18.7 Å². The second kappa shape index (κ2) is 15.1. The van der Waals surface area contributed by atoms with Gasteiger partial charge in [0.25, 0.3) is 0 Å². The van der Waals surface area contributed by atoms with Crippen LogP contribution in [0, 0.1) is 13.8 Å². The van der Waals surface area contributed by atoms with E-state index in [2.05, 4.69) is 17.6 Å². The lowest BCUT2D eigenvalue weighted by atomic mass is 9.95. The predicted octanol–water partition coefficient (Wildman–Crippen LogP) is 5.53. The van der Waals surface area contributed by atoms with Crippen LogP contribution in [0.4, 0.5) is 4.79 Å². The van der Waals surface area contributed by atoms with Crippen LogP contribution >= 0.6 is 11.8 Å². The summed E-state index contributed by atoms with van der Waals surface area (Å²) in [6.45, 7) is 15.8. The second-order valence-electron chi connectivity index (χ2n) is 10.6. The van der Waals surface area contributed by atoms with Gasteiger partial charge in [0.1, 0.15) is 17.7 Å². The Bertz CT molecular complexity index is 867. The van der Waals surface area contributed by atoms with Crippen molar-refractivity contribution in [3.8, 4) is 0 Å². The predicted molar refractivity (Wildman–Crippen MR) is 149 cm³/mol. The van der Waals surface area contributed by atoms with Crippen molar-refractivity contribution in [2.45, 2.75) is 105 Å². The number of hydrogen-bond donors (Lipinski definition) is 2. The van der Waals surface area contributed by atoms with E-state index in [4.69, 9.17) is 4.74 Å². The maximum atomic E-state index is 14.0. The first-order valence-electron chi connectivity index (χ1n) is 13.0. The van der Waals surface area contributed by atoms with Crippen molar-refractivity contribution in [3.63, 3.8) is 0 Å². The van der Waals surface area contributed by atoms with Gasteiger partial charge >= 0.3 is 6.09 Å². The molecule has 8 heteroatoms. The largest absolute Gasteiger partial charge is 0.444 e. The molecule has 1 rings (SSSR count). The number of rotatable bonds is 13. The number of benzene rings is 1. The fraction of sp³-hybridized carbons (Fsp3) is 0.679. The molecule has 1 aromatic carbocycles. The molecule has 7 nitrogen and oxygen atoms in total. The molecule has 0 aliphatic rings. The van der Waals surface area contributed by atoms with E-state index in [-0.39, 0.29) is 17.9 Å². The van der Waals surface area contributed by atoms with Crippen LogP contribution in [-0.4, -0.2) is 59.0 Å². The highest BCUT2D eigenvalue weighted by Gasteiger charge is 2.38. The molecule has 0 saturated heterocycles. The number of unbranched alkanes of at least 4 members (excludes halogenated alkanes) is 2. The van der Waals surface area contributed by atoms with Crippen molar-refractivity contribution < 1.29 is 19.1 Å². The minimum absolute atomic E-state index is 0.206. The molecule has 2 atom stereocenters. The summed E-state index contributed by atoms with van der Waals surface area (Å²) in [5.74, 6) is 0.178. The van der Waals surface area contributed by atoms with Crippen LogP contribution in [0.15, 0.2) is 18.2 Å². The monoisotopic (exact) mass is 521 g/mol. The van der Waals surface area contributed by atoms with Gasteiger partial charge in [-0.2, -0.15) is 11.8 Å². The van der Waals surface area contributed by atoms with Crippen molar-refractivity contribution >= 4 is 29.7 Å². The van der Waals surface area contributed by atoms with Gasteiger partial charge in [0, 0.05) is 12.6 Å². The van der Waals surface area contributed by atoms with Crippen molar-refractivity contribution in [1.29, 1.82) is 0 Å². The van der Waals surface area contributed by atoms with Crippen LogP contribution in [-0.2, 0) is 14.3 Å². The SMILES string of the molecule is CCCCCNC(=O)C(c1cc(C)ccc1C)N(C(=O)C(CCSC)NC(=O)OC(C)(C)C)C(C)C. The summed E-state index contributed by atoms with van der Waals surface area (Å²) in [7, 11) is 0. The molecule has 0 radical (unpaired) electrons. The maximum absolute atomic E-state index is 14.0. The van der Waals surface area contributed by atoms with Gasteiger partial charge < -0.3 is 20.3 Å². The smallest absolute Gasteiger partial charge is 0.408 e. The molecule has 3 amide bonds. The normalized spacial score (nSPS) is 13.2. The zero-order chi connectivity index (χ0) is 27.5. The lowest BCUT2D eigenvalue weighted by Gasteiger charge is -2.38. The standard InChI is InChI=1S/C28H47N3O4S/c1-10-11-12-16-29-25(32)24(22-18-20(4)13-14-21(22)5)31(19(2)3)26(33)23(15-17-36-9)30-27(34)35-28(6,7)8/h13-14,18-19,23-24H,10-12,15-17H2,1-9H3,(H,29,32)(H,30,34). The third kappa shape index (κ3) is 10.4. The molecule has 2 unspecified atom stereocenters. The molecule has 0 bridgehead atoms. The first-order chi connectivity index (χ1) is 16.8. The molecule has 0 aliphatic carbocycles. The van der Waals surface area contributed by atoms with Gasteiger partial charge in [-0.15, -0.1) is 0 Å². The van der Waals surface area contributed by atoms with Crippen LogP contribution < -0.4 is 10.6 Å². The van der Waals surface area contributed by atoms with E-state index < -0.39 is 23.8 Å². The van der Waals surface area contributed by atoms with Gasteiger partial charge in [0.15, 0.2) is 0 Å². The van der Waals surface area contributed by atoms with E-state index in [1.165, 1.54) is 0 Å². The number of nitrogens with zero attached hydrogens (tertiary/aromatic N) is 1. The Labute approximate surface area is 222 Å². The number of carbonyl (C=O) groups is 3. The lowest BCUT2D eigenvalue weighted by Crippen LogP contribution is -2.55. The van der Waals surface area contributed by atoms with E-state index >= 15 is 0 Å². The number of hydrogen-bond acceptors (Lipinski definition) is 5. The highest BCUT2D eigenvalue weighted by Crippen LogP contribution is 2.29. The summed E-state index contributed by atoms with van der Waals surface area (Å²) in [6, 6.07) is 4.07. The molecule has 0 aliphatic heterocycles. The average Bonchev–Trinajstić information content (AvgIpc) is 2.77. The van der Waals surface area contributed by atoms with Gasteiger partial charge in [-0.1, -0.05) is 43.5 Å². The summed E-state index contributed by atoms with van der Waals surface area (Å²) in [5.41, 5.74) is 2.06. The highest BCUT2D eigenvalue weighted by atomic mass is 32.2. The maximum Gasteiger partial charge on any atom is 0.408 e. The Balaban J connectivity index is 3.44. The number of nitrogens with one attached hydrogen (secondary N) is 2. The van der Waals surface area contributed by atoms with Gasteiger partial charge in [-0.05, 0) is 84.4 Å². The number of carbonyl (C=O) groups excluding carboxylic acids is 3. The molecule has 2 N–H and O–H groups in total. The molecule has 0 heterocycles. The zero-order valence-corrected chi connectivity index (χ0v) is 24.5. The van der Waals surface area contributed by atoms with Crippen LogP contribution in [0.2, 0.25) is 0 Å². The number of alkyl carbamates (subject to hydrolysis) is 1. The van der Waals surface area contributed by atoms with Gasteiger partial charge in [-0.3, -0.25) is 9.59 Å². The van der Waals surface area contributed by atoms with Crippen LogP contribution in [0.1, 0.15) is 90.0 Å². The molecule has 204 valence electrons. The van der Waals surface area contributed by atoms with Crippen LogP contribution in [0.3, 0.4) is 0 Å². The Morgan fingerprint density at radius 2 is 1.78 bits per heavy atom. The fourth-order valence-corrected chi connectivity index (χ4v) is 4.43. The second-order valence-corrected chi connectivity index (χ2v) is 11.6. The first kappa shape index (κ1) is 31.8. The Kier molecular flexibility index (Phi) is 13.4. The topological polar surface area (TPSA) is 87.7 Å². The van der Waals surface area contributed by atoms with E-state index in [1.807, 2.05) is 52.1 Å². The molecule has 1 aromatic rings. The van der Waals surface area contributed by atoms with Crippen molar-refractivity contribution in [2.24, 2.45) is 0 Å². The molecule has 36 heavy (non-hydrogen) atoms. The summed E-state index contributed by atoms with van der Waals surface area (Å²) >= 11 is 1.60. The summed E-state index contributed by atoms with van der Waals surface area (Å²) in [4.78, 5) is 41.9. The molecule has 0 spiro atoms. The summed E-state index contributed by atoms with van der Waals surface area (Å²) < 4.78 is 5.44. The van der Waals surface area contributed by atoms with E-state index in [1.54, 1.807) is 37.4 Å². The van der Waals surface area contributed by atoms with Gasteiger partial charge in [0.2, 0.25) is 11.8 Å². The number of thioether (sulfide) groups is 1. The minimum atomic E-state index is -0.810. The van der Waals surface area contributed by atoms with E-state index in [9.17, 15) is 14.4 Å². The van der Waals surface area contributed by atoms with Crippen molar-refractivity contribution in [1.82, 2.24) is 15.5 Å². The fourth-order valence-electron chi connectivity index (χ4n) is 3.96. The lowest BCUT2D eigenvalue weighted by molar-refractivity contribution is -0.144. The number of amides is 3.